The predicted octanol–water partition coefficient (Wildman–Crippen LogP) is 4.15. The second kappa shape index (κ2) is 5.69. The van der Waals surface area contributed by atoms with Crippen molar-refractivity contribution in [1.82, 2.24) is 4.98 Å². The molecular formula is C13H7ClF4N2O. The molecule has 1 N–H and O–H groups in total. The summed E-state index contributed by atoms with van der Waals surface area (Å²) < 4.78 is 51.1. The fourth-order valence-electron chi connectivity index (χ4n) is 1.52. The number of benzene rings is 1. The largest absolute Gasteiger partial charge is 0.416 e. The molecule has 0 aliphatic carbocycles. The van der Waals surface area contributed by atoms with Gasteiger partial charge in [-0.1, -0.05) is 17.7 Å². The number of amides is 1. The molecular weight excluding hydrogens is 312 g/mol. The Labute approximate surface area is 121 Å². The zero-order chi connectivity index (χ0) is 15.6. The molecule has 0 fully saturated rings. The Hall–Kier alpha value is -2.15. The molecule has 1 amide bonds. The number of halogens is 5. The minimum Gasteiger partial charge on any atom is -0.318 e. The maximum Gasteiger partial charge on any atom is 0.416 e. The van der Waals surface area contributed by atoms with Gasteiger partial charge in [-0.25, -0.2) is 9.37 Å². The van der Waals surface area contributed by atoms with Gasteiger partial charge in [0.2, 0.25) is 0 Å². The van der Waals surface area contributed by atoms with E-state index in [0.29, 0.717) is 18.2 Å². The average Bonchev–Trinajstić information content (AvgIpc) is 2.40. The van der Waals surface area contributed by atoms with Crippen LogP contribution in [0.5, 0.6) is 0 Å². The molecule has 8 heteroatoms. The lowest BCUT2D eigenvalue weighted by Crippen LogP contribution is -2.15. The summed E-state index contributed by atoms with van der Waals surface area (Å²) in [6, 6.07) is 5.88. The van der Waals surface area contributed by atoms with Crippen LogP contribution in [0.25, 0.3) is 0 Å². The number of pyridine rings is 1. The number of nitrogens with one attached hydrogen (secondary N) is 1. The van der Waals surface area contributed by atoms with E-state index < -0.39 is 29.2 Å². The molecule has 1 heterocycles. The van der Waals surface area contributed by atoms with Crippen molar-refractivity contribution in [3.05, 3.63) is 58.6 Å². The van der Waals surface area contributed by atoms with Gasteiger partial charge in [0.05, 0.1) is 11.3 Å². The maximum atomic E-state index is 13.5. The highest BCUT2D eigenvalue weighted by Crippen LogP contribution is 2.31. The number of hydrogen-bond donors (Lipinski definition) is 1. The van der Waals surface area contributed by atoms with Gasteiger partial charge in [-0.2, -0.15) is 13.2 Å². The lowest BCUT2D eigenvalue weighted by atomic mass is 10.2. The Kier molecular flexibility index (Phi) is 4.13. The van der Waals surface area contributed by atoms with Gasteiger partial charge in [0, 0.05) is 0 Å². The van der Waals surface area contributed by atoms with Crippen molar-refractivity contribution in [2.24, 2.45) is 0 Å². The van der Waals surface area contributed by atoms with Gasteiger partial charge in [0.1, 0.15) is 16.7 Å². The lowest BCUT2D eigenvalue weighted by Gasteiger charge is -2.10. The van der Waals surface area contributed by atoms with Crippen molar-refractivity contribution in [3.8, 4) is 0 Å². The van der Waals surface area contributed by atoms with Crippen LogP contribution < -0.4 is 5.32 Å². The molecule has 0 saturated heterocycles. The van der Waals surface area contributed by atoms with Crippen LogP contribution in [0, 0.1) is 5.82 Å². The number of carbonyl (C=O) groups is 1. The molecule has 0 atom stereocenters. The minimum atomic E-state index is -4.64. The summed E-state index contributed by atoms with van der Waals surface area (Å²) in [5, 5.41) is 2.07. The van der Waals surface area contributed by atoms with Crippen LogP contribution in [0.4, 0.5) is 23.2 Å². The van der Waals surface area contributed by atoms with E-state index in [4.69, 9.17) is 11.6 Å². The summed E-state index contributed by atoms with van der Waals surface area (Å²) in [5.74, 6) is -1.85. The molecule has 0 aliphatic rings. The maximum absolute atomic E-state index is 13.5. The smallest absolute Gasteiger partial charge is 0.318 e. The number of alkyl halides is 3. The van der Waals surface area contributed by atoms with Gasteiger partial charge in [0.25, 0.3) is 5.91 Å². The van der Waals surface area contributed by atoms with E-state index in [9.17, 15) is 22.4 Å². The van der Waals surface area contributed by atoms with Crippen LogP contribution in [-0.2, 0) is 6.18 Å². The van der Waals surface area contributed by atoms with Gasteiger partial charge in [-0.05, 0) is 30.3 Å². The number of rotatable bonds is 2. The van der Waals surface area contributed by atoms with Crippen molar-refractivity contribution in [3.63, 3.8) is 0 Å². The molecule has 0 spiro atoms. The van der Waals surface area contributed by atoms with Crippen molar-refractivity contribution in [2.45, 2.75) is 6.18 Å². The number of aromatic nitrogens is 1. The molecule has 0 radical (unpaired) electrons. The molecule has 0 bridgehead atoms. The van der Waals surface area contributed by atoms with E-state index in [1.807, 2.05) is 5.32 Å². The van der Waals surface area contributed by atoms with Crippen LogP contribution in [0.2, 0.25) is 5.15 Å². The Bertz CT molecular complexity index is 688. The first kappa shape index (κ1) is 15.2. The molecule has 0 unspecified atom stereocenters. The zero-order valence-electron chi connectivity index (χ0n) is 10.2. The monoisotopic (exact) mass is 318 g/mol. The number of hydrogen-bond acceptors (Lipinski definition) is 2. The van der Waals surface area contributed by atoms with Crippen molar-refractivity contribution in [2.75, 3.05) is 5.32 Å². The molecule has 3 nitrogen and oxygen atoms in total. The van der Waals surface area contributed by atoms with Gasteiger partial charge >= 0.3 is 6.18 Å². The highest BCUT2D eigenvalue weighted by atomic mass is 35.5. The fraction of sp³-hybridized carbons (Fsp3) is 0.0769. The van der Waals surface area contributed by atoms with E-state index in [0.717, 1.165) is 0 Å². The molecule has 2 rings (SSSR count). The van der Waals surface area contributed by atoms with Crippen LogP contribution in [0.1, 0.15) is 16.1 Å². The third-order valence-electron chi connectivity index (χ3n) is 2.49. The highest BCUT2D eigenvalue weighted by molar-refractivity contribution is 6.29. The quantitative estimate of drug-likeness (QED) is 0.668. The first-order chi connectivity index (χ1) is 9.77. The van der Waals surface area contributed by atoms with Crippen molar-refractivity contribution in [1.29, 1.82) is 0 Å². The number of anilines is 1. The van der Waals surface area contributed by atoms with Crippen LogP contribution in [0.3, 0.4) is 0 Å². The van der Waals surface area contributed by atoms with Crippen LogP contribution in [0.15, 0.2) is 36.4 Å². The van der Waals surface area contributed by atoms with E-state index in [1.165, 1.54) is 18.2 Å². The van der Waals surface area contributed by atoms with E-state index >= 15 is 0 Å². The molecule has 1 aromatic carbocycles. The fourth-order valence-corrected chi connectivity index (χ4v) is 1.68. The predicted molar refractivity (Wildman–Crippen MR) is 68.6 cm³/mol. The summed E-state index contributed by atoms with van der Waals surface area (Å²) in [7, 11) is 0. The standard InChI is InChI=1S/C13H7ClF4N2O/c14-11-3-1-2-9(19-11)12(21)20-10-6-7(13(16,17)18)4-5-8(10)15/h1-6H,(H,20,21). The Morgan fingerprint density at radius 1 is 1.19 bits per heavy atom. The minimum absolute atomic E-state index is 0.0344. The summed E-state index contributed by atoms with van der Waals surface area (Å²) in [5.41, 5.74) is -1.80. The average molecular weight is 319 g/mol. The van der Waals surface area contributed by atoms with E-state index in [1.54, 1.807) is 0 Å². The second-order valence-corrected chi connectivity index (χ2v) is 4.38. The number of carbonyl (C=O) groups excluding carboxylic acids is 1. The first-order valence-electron chi connectivity index (χ1n) is 5.58. The van der Waals surface area contributed by atoms with E-state index in [2.05, 4.69) is 4.98 Å². The second-order valence-electron chi connectivity index (χ2n) is 3.99. The third kappa shape index (κ3) is 3.69. The van der Waals surface area contributed by atoms with Crippen molar-refractivity contribution < 1.29 is 22.4 Å². The SMILES string of the molecule is O=C(Nc1cc(C(F)(F)F)ccc1F)c1cccc(Cl)n1. The Balaban J connectivity index is 2.29. The molecule has 110 valence electrons. The first-order valence-corrected chi connectivity index (χ1v) is 5.96. The Morgan fingerprint density at radius 3 is 2.52 bits per heavy atom. The summed E-state index contributed by atoms with van der Waals surface area (Å²) in [6.07, 6.45) is -4.64. The molecule has 2 aromatic rings. The third-order valence-corrected chi connectivity index (χ3v) is 2.70. The lowest BCUT2D eigenvalue weighted by molar-refractivity contribution is -0.137. The van der Waals surface area contributed by atoms with Gasteiger partial charge < -0.3 is 5.32 Å². The van der Waals surface area contributed by atoms with Gasteiger partial charge in [-0.3, -0.25) is 4.79 Å². The summed E-state index contributed by atoms with van der Waals surface area (Å²) in [4.78, 5) is 15.5. The van der Waals surface area contributed by atoms with Gasteiger partial charge in [0.15, 0.2) is 0 Å². The summed E-state index contributed by atoms with van der Waals surface area (Å²) in [6.45, 7) is 0. The number of nitrogens with zero attached hydrogens (tertiary/aromatic N) is 1. The molecule has 0 saturated carbocycles. The van der Waals surface area contributed by atoms with Gasteiger partial charge in [-0.15, -0.1) is 0 Å². The topological polar surface area (TPSA) is 42.0 Å². The zero-order valence-corrected chi connectivity index (χ0v) is 11.0. The molecule has 1 aromatic heterocycles. The van der Waals surface area contributed by atoms with Crippen LogP contribution >= 0.6 is 11.6 Å². The van der Waals surface area contributed by atoms with Crippen molar-refractivity contribution >= 4 is 23.2 Å². The van der Waals surface area contributed by atoms with E-state index in [-0.39, 0.29) is 10.8 Å². The Morgan fingerprint density at radius 2 is 1.90 bits per heavy atom. The molecule has 21 heavy (non-hydrogen) atoms. The normalized spacial score (nSPS) is 11.3. The molecule has 0 aliphatic heterocycles. The highest BCUT2D eigenvalue weighted by Gasteiger charge is 2.31. The summed E-state index contributed by atoms with van der Waals surface area (Å²) >= 11 is 5.59. The van der Waals surface area contributed by atoms with Crippen LogP contribution in [-0.4, -0.2) is 10.9 Å².